The van der Waals surface area contributed by atoms with E-state index in [1.54, 1.807) is 6.20 Å². The molecule has 18 heavy (non-hydrogen) atoms. The number of nitrogens with zero attached hydrogens (tertiary/aromatic N) is 1. The van der Waals surface area contributed by atoms with Crippen molar-refractivity contribution in [3.05, 3.63) is 49.7 Å². The number of benzene rings is 1. The van der Waals surface area contributed by atoms with Gasteiger partial charge in [0.05, 0.1) is 15.2 Å². The van der Waals surface area contributed by atoms with E-state index in [9.17, 15) is 4.39 Å². The van der Waals surface area contributed by atoms with E-state index >= 15 is 0 Å². The molecular weight excluding hydrogens is 386 g/mol. The number of hydrogen-bond acceptors (Lipinski definition) is 2. The zero-order valence-electron chi connectivity index (χ0n) is 9.27. The maximum Gasteiger partial charge on any atom is 0.144 e. The fourth-order valence-electron chi connectivity index (χ4n) is 1.41. The first-order valence-corrected chi connectivity index (χ1v) is 6.97. The van der Waals surface area contributed by atoms with E-state index in [1.165, 1.54) is 12.1 Å². The van der Waals surface area contributed by atoms with Crippen LogP contribution in [0.3, 0.4) is 0 Å². The molecule has 1 aromatic heterocycles. The summed E-state index contributed by atoms with van der Waals surface area (Å²) in [5.41, 5.74) is 1.62. The van der Waals surface area contributed by atoms with Gasteiger partial charge in [0.2, 0.25) is 0 Å². The molecule has 6 heteroatoms. The molecule has 1 heterocycles. The summed E-state index contributed by atoms with van der Waals surface area (Å²) in [5, 5.41) is 3.35. The molecule has 1 aromatic carbocycles. The molecule has 2 rings (SSSR count). The minimum atomic E-state index is -0.395. The zero-order valence-corrected chi connectivity index (χ0v) is 13.2. The number of rotatable bonds is 2. The Balaban J connectivity index is 2.40. The Kier molecular flexibility index (Phi) is 4.25. The Labute approximate surface area is 126 Å². The number of aryl methyl sites for hydroxylation is 1. The van der Waals surface area contributed by atoms with Crippen molar-refractivity contribution >= 4 is 55.0 Å². The van der Waals surface area contributed by atoms with Crippen LogP contribution >= 0.6 is 43.5 Å². The third-order valence-corrected chi connectivity index (χ3v) is 3.76. The molecule has 0 bridgehead atoms. The highest BCUT2D eigenvalue weighted by atomic mass is 79.9. The molecule has 2 nitrogen and oxygen atoms in total. The molecule has 0 unspecified atom stereocenters. The van der Waals surface area contributed by atoms with Crippen LogP contribution in [0.25, 0.3) is 0 Å². The van der Waals surface area contributed by atoms with Gasteiger partial charge in [0, 0.05) is 10.7 Å². The average molecular weight is 394 g/mol. The molecule has 2 aromatic rings. The smallest absolute Gasteiger partial charge is 0.144 e. The van der Waals surface area contributed by atoms with Crippen LogP contribution in [0.2, 0.25) is 5.02 Å². The summed E-state index contributed by atoms with van der Waals surface area (Å²) in [6.45, 7) is 1.95. The van der Waals surface area contributed by atoms with E-state index in [0.717, 1.165) is 10.0 Å². The summed E-state index contributed by atoms with van der Waals surface area (Å²) in [4.78, 5) is 4.25. The van der Waals surface area contributed by atoms with Gasteiger partial charge in [-0.1, -0.05) is 11.6 Å². The van der Waals surface area contributed by atoms with Crippen LogP contribution in [0, 0.1) is 12.7 Å². The molecule has 0 spiro atoms. The molecule has 0 fully saturated rings. The molecule has 0 amide bonds. The SMILES string of the molecule is Cc1cnc(Nc2c(Cl)cc(F)cc2Br)c(Br)c1. The van der Waals surface area contributed by atoms with Gasteiger partial charge in [-0.05, 0) is 62.5 Å². The number of halogens is 4. The molecule has 94 valence electrons. The Morgan fingerprint density at radius 3 is 2.56 bits per heavy atom. The third kappa shape index (κ3) is 3.02. The highest BCUT2D eigenvalue weighted by molar-refractivity contribution is 9.11. The van der Waals surface area contributed by atoms with Crippen molar-refractivity contribution in [1.82, 2.24) is 4.98 Å². The second-order valence-corrected chi connectivity index (χ2v) is 5.83. The van der Waals surface area contributed by atoms with Gasteiger partial charge in [-0.25, -0.2) is 9.37 Å². The number of pyridine rings is 1. The van der Waals surface area contributed by atoms with Crippen molar-refractivity contribution in [2.24, 2.45) is 0 Å². The van der Waals surface area contributed by atoms with E-state index in [2.05, 4.69) is 42.2 Å². The van der Waals surface area contributed by atoms with Crippen molar-refractivity contribution < 1.29 is 4.39 Å². The lowest BCUT2D eigenvalue weighted by Gasteiger charge is -2.11. The lowest BCUT2D eigenvalue weighted by molar-refractivity contribution is 0.627. The normalized spacial score (nSPS) is 10.5. The number of hydrogen-bond donors (Lipinski definition) is 1. The van der Waals surface area contributed by atoms with Crippen LogP contribution in [0.4, 0.5) is 15.9 Å². The topological polar surface area (TPSA) is 24.9 Å². The van der Waals surface area contributed by atoms with Crippen LogP contribution in [0.15, 0.2) is 33.3 Å². The maximum atomic E-state index is 13.1. The molecule has 0 atom stereocenters. The monoisotopic (exact) mass is 392 g/mol. The quantitative estimate of drug-likeness (QED) is 0.733. The second-order valence-electron chi connectivity index (χ2n) is 3.71. The molecule has 1 N–H and O–H groups in total. The molecule has 0 saturated heterocycles. The lowest BCUT2D eigenvalue weighted by Crippen LogP contribution is -1.97. The first-order chi connectivity index (χ1) is 8.47. The summed E-state index contributed by atoms with van der Waals surface area (Å²) in [6, 6.07) is 4.52. The van der Waals surface area contributed by atoms with Crippen LogP contribution in [0.1, 0.15) is 5.56 Å². The lowest BCUT2D eigenvalue weighted by atomic mass is 10.3. The predicted molar refractivity (Wildman–Crippen MR) is 79.1 cm³/mol. The fourth-order valence-corrected chi connectivity index (χ4v) is 2.87. The predicted octanol–water partition coefficient (Wildman–Crippen LogP) is 5.45. The first kappa shape index (κ1) is 13.8. The number of nitrogens with one attached hydrogen (secondary N) is 1. The van der Waals surface area contributed by atoms with Gasteiger partial charge in [-0.3, -0.25) is 0 Å². The van der Waals surface area contributed by atoms with Crippen LogP contribution in [-0.4, -0.2) is 4.98 Å². The van der Waals surface area contributed by atoms with E-state index < -0.39 is 5.82 Å². The van der Waals surface area contributed by atoms with Gasteiger partial charge in [-0.2, -0.15) is 0 Å². The minimum absolute atomic E-state index is 0.288. The Morgan fingerprint density at radius 2 is 1.94 bits per heavy atom. The van der Waals surface area contributed by atoms with Gasteiger partial charge in [0.15, 0.2) is 0 Å². The molecule has 0 aliphatic carbocycles. The summed E-state index contributed by atoms with van der Waals surface area (Å²) in [6.07, 6.45) is 1.73. The van der Waals surface area contributed by atoms with Crippen LogP contribution in [0.5, 0.6) is 0 Å². The van der Waals surface area contributed by atoms with Gasteiger partial charge in [-0.15, -0.1) is 0 Å². The summed E-state index contributed by atoms with van der Waals surface area (Å²) < 4.78 is 14.5. The molecule has 0 aliphatic heterocycles. The van der Waals surface area contributed by atoms with Crippen molar-refractivity contribution in [1.29, 1.82) is 0 Å². The Hall–Kier alpha value is -0.650. The van der Waals surface area contributed by atoms with Crippen molar-refractivity contribution in [2.45, 2.75) is 6.92 Å². The van der Waals surface area contributed by atoms with Gasteiger partial charge in [0.1, 0.15) is 11.6 Å². The van der Waals surface area contributed by atoms with Gasteiger partial charge < -0.3 is 5.32 Å². The van der Waals surface area contributed by atoms with Crippen molar-refractivity contribution in [2.75, 3.05) is 5.32 Å². The summed E-state index contributed by atoms with van der Waals surface area (Å²) in [5.74, 6) is 0.225. The number of anilines is 2. The largest absolute Gasteiger partial charge is 0.337 e. The minimum Gasteiger partial charge on any atom is -0.337 e. The highest BCUT2D eigenvalue weighted by Crippen LogP contribution is 2.35. The third-order valence-electron chi connectivity index (χ3n) is 2.23. The Morgan fingerprint density at radius 1 is 1.22 bits per heavy atom. The standard InChI is InChI=1S/C12H8Br2ClFN2/c1-6-2-9(14)12(17-5-6)18-11-8(13)3-7(16)4-10(11)15/h2-5H,1H3,(H,17,18). The summed E-state index contributed by atoms with van der Waals surface area (Å²) >= 11 is 12.7. The van der Waals surface area contributed by atoms with E-state index in [-0.39, 0.29) is 5.02 Å². The maximum absolute atomic E-state index is 13.1. The van der Waals surface area contributed by atoms with E-state index in [1.807, 2.05) is 13.0 Å². The summed E-state index contributed by atoms with van der Waals surface area (Å²) in [7, 11) is 0. The van der Waals surface area contributed by atoms with Crippen molar-refractivity contribution in [3.63, 3.8) is 0 Å². The van der Waals surface area contributed by atoms with Gasteiger partial charge >= 0.3 is 0 Å². The first-order valence-electron chi connectivity index (χ1n) is 5.01. The number of aromatic nitrogens is 1. The fraction of sp³-hybridized carbons (Fsp3) is 0.0833. The van der Waals surface area contributed by atoms with Crippen LogP contribution in [-0.2, 0) is 0 Å². The highest BCUT2D eigenvalue weighted by Gasteiger charge is 2.10. The Bertz CT molecular complexity index is 582. The average Bonchev–Trinajstić information content (AvgIpc) is 2.25. The van der Waals surface area contributed by atoms with Gasteiger partial charge in [0.25, 0.3) is 0 Å². The zero-order chi connectivity index (χ0) is 13.3. The van der Waals surface area contributed by atoms with E-state index in [4.69, 9.17) is 11.6 Å². The van der Waals surface area contributed by atoms with E-state index in [0.29, 0.717) is 16.0 Å². The van der Waals surface area contributed by atoms with Crippen LogP contribution < -0.4 is 5.32 Å². The molecule has 0 aliphatic rings. The van der Waals surface area contributed by atoms with Crippen molar-refractivity contribution in [3.8, 4) is 0 Å². The molecule has 0 radical (unpaired) electrons. The molecular formula is C12H8Br2ClFN2. The second kappa shape index (κ2) is 5.55. The molecule has 0 saturated carbocycles.